The Bertz CT molecular complexity index is 639. The van der Waals surface area contributed by atoms with Crippen LogP contribution in [0.25, 0.3) is 0 Å². The van der Waals surface area contributed by atoms with E-state index in [1.54, 1.807) is 0 Å². The summed E-state index contributed by atoms with van der Waals surface area (Å²) < 4.78 is 0. The Kier molecular flexibility index (Phi) is 4.86. The van der Waals surface area contributed by atoms with Crippen molar-refractivity contribution in [2.75, 3.05) is 17.2 Å². The average molecular weight is 310 g/mol. The number of nitrogens with zero attached hydrogens (tertiary/aromatic N) is 1. The van der Waals surface area contributed by atoms with Gasteiger partial charge in [0.2, 0.25) is 0 Å². The van der Waals surface area contributed by atoms with Crippen LogP contribution >= 0.6 is 11.8 Å². The third kappa shape index (κ3) is 3.37. The van der Waals surface area contributed by atoms with Crippen molar-refractivity contribution >= 4 is 17.4 Å². The molecule has 22 heavy (non-hydrogen) atoms. The van der Waals surface area contributed by atoms with Gasteiger partial charge < -0.3 is 10.6 Å². The third-order valence-corrected chi connectivity index (χ3v) is 5.05. The third-order valence-electron chi connectivity index (χ3n) is 4.01. The quantitative estimate of drug-likeness (QED) is 0.831. The summed E-state index contributed by atoms with van der Waals surface area (Å²) in [5.41, 5.74) is 10.1. The van der Waals surface area contributed by atoms with Crippen molar-refractivity contribution in [1.29, 1.82) is 0 Å². The van der Waals surface area contributed by atoms with Crippen LogP contribution in [0, 0.1) is 0 Å². The SMILES string of the molecule is C=CCC(N)c1ccc2c(c1)N(Cc1ccccc1)CCS2. The molecule has 0 saturated carbocycles. The van der Waals surface area contributed by atoms with Gasteiger partial charge in [-0.25, -0.2) is 0 Å². The second-order valence-electron chi connectivity index (χ2n) is 5.61. The van der Waals surface area contributed by atoms with E-state index in [1.165, 1.54) is 21.7 Å². The monoisotopic (exact) mass is 310 g/mol. The zero-order chi connectivity index (χ0) is 15.4. The largest absolute Gasteiger partial charge is 0.365 e. The molecule has 0 saturated heterocycles. The summed E-state index contributed by atoms with van der Waals surface area (Å²) in [6, 6.07) is 17.3. The number of thioether (sulfide) groups is 1. The van der Waals surface area contributed by atoms with Crippen LogP contribution in [0.4, 0.5) is 5.69 Å². The maximum atomic E-state index is 6.24. The van der Waals surface area contributed by atoms with Crippen LogP contribution in [0.2, 0.25) is 0 Å². The second kappa shape index (κ2) is 7.03. The van der Waals surface area contributed by atoms with E-state index in [1.807, 2.05) is 17.8 Å². The van der Waals surface area contributed by atoms with Gasteiger partial charge in [0, 0.05) is 29.8 Å². The maximum absolute atomic E-state index is 6.24. The topological polar surface area (TPSA) is 29.3 Å². The van der Waals surface area contributed by atoms with Crippen LogP contribution in [-0.2, 0) is 6.54 Å². The smallest absolute Gasteiger partial charge is 0.0511 e. The summed E-state index contributed by atoms with van der Waals surface area (Å²) >= 11 is 1.93. The predicted octanol–water partition coefficient (Wildman–Crippen LogP) is 4.37. The Morgan fingerprint density at radius 2 is 2.05 bits per heavy atom. The molecule has 1 heterocycles. The fraction of sp³-hybridized carbons (Fsp3) is 0.263. The Labute approximate surface area is 137 Å². The maximum Gasteiger partial charge on any atom is 0.0511 e. The van der Waals surface area contributed by atoms with Crippen LogP contribution in [-0.4, -0.2) is 12.3 Å². The van der Waals surface area contributed by atoms with Crippen LogP contribution in [0.5, 0.6) is 0 Å². The Morgan fingerprint density at radius 3 is 2.82 bits per heavy atom. The number of hydrogen-bond acceptors (Lipinski definition) is 3. The van der Waals surface area contributed by atoms with Crippen molar-refractivity contribution in [1.82, 2.24) is 0 Å². The summed E-state index contributed by atoms with van der Waals surface area (Å²) in [5.74, 6) is 1.14. The molecule has 2 aromatic carbocycles. The lowest BCUT2D eigenvalue weighted by Gasteiger charge is -2.32. The molecule has 1 aliphatic heterocycles. The molecule has 1 unspecified atom stereocenters. The van der Waals surface area contributed by atoms with Gasteiger partial charge in [0.1, 0.15) is 0 Å². The Balaban J connectivity index is 1.87. The van der Waals surface area contributed by atoms with Crippen LogP contribution < -0.4 is 10.6 Å². The van der Waals surface area contributed by atoms with Gasteiger partial charge in [0.15, 0.2) is 0 Å². The molecular formula is C19H22N2S. The Hall–Kier alpha value is -1.71. The van der Waals surface area contributed by atoms with Crippen molar-refractivity contribution < 1.29 is 0 Å². The molecule has 3 rings (SSSR count). The highest BCUT2D eigenvalue weighted by Gasteiger charge is 2.19. The van der Waals surface area contributed by atoms with Crippen LogP contribution in [0.15, 0.2) is 66.1 Å². The van der Waals surface area contributed by atoms with E-state index in [9.17, 15) is 0 Å². The molecular weight excluding hydrogens is 288 g/mol. The molecule has 2 aromatic rings. The van der Waals surface area contributed by atoms with E-state index in [0.717, 1.165) is 25.3 Å². The van der Waals surface area contributed by atoms with Gasteiger partial charge in [-0.3, -0.25) is 0 Å². The molecule has 2 nitrogen and oxygen atoms in total. The lowest BCUT2D eigenvalue weighted by molar-refractivity contribution is 0.736. The molecule has 3 heteroatoms. The molecule has 0 amide bonds. The summed E-state index contributed by atoms with van der Waals surface area (Å²) in [6.45, 7) is 5.82. The van der Waals surface area contributed by atoms with Crippen LogP contribution in [0.3, 0.4) is 0 Å². The van der Waals surface area contributed by atoms with E-state index in [-0.39, 0.29) is 6.04 Å². The van der Waals surface area contributed by atoms with Gasteiger partial charge in [-0.2, -0.15) is 0 Å². The number of nitrogens with two attached hydrogens (primary N) is 1. The van der Waals surface area contributed by atoms with E-state index in [4.69, 9.17) is 5.73 Å². The molecule has 0 bridgehead atoms. The summed E-state index contributed by atoms with van der Waals surface area (Å²) in [4.78, 5) is 3.82. The van der Waals surface area contributed by atoms with E-state index >= 15 is 0 Å². The standard InChI is InChI=1S/C19H22N2S/c1-2-6-17(20)16-9-10-19-18(13-16)21(11-12-22-19)14-15-7-4-3-5-8-15/h2-5,7-10,13,17H,1,6,11-12,14,20H2. The molecule has 1 atom stereocenters. The number of anilines is 1. The van der Waals surface area contributed by atoms with Crippen molar-refractivity contribution in [3.05, 3.63) is 72.3 Å². The van der Waals surface area contributed by atoms with Crippen molar-refractivity contribution in [3.63, 3.8) is 0 Å². The fourth-order valence-electron chi connectivity index (χ4n) is 2.80. The molecule has 0 fully saturated rings. The molecule has 0 aliphatic carbocycles. The van der Waals surface area contributed by atoms with Gasteiger partial charge in [-0.15, -0.1) is 18.3 Å². The number of benzene rings is 2. The van der Waals surface area contributed by atoms with Gasteiger partial charge in [-0.1, -0.05) is 42.5 Å². The van der Waals surface area contributed by atoms with Gasteiger partial charge in [0.25, 0.3) is 0 Å². The van der Waals surface area contributed by atoms with Gasteiger partial charge in [0.05, 0.1) is 5.69 Å². The van der Waals surface area contributed by atoms with Crippen molar-refractivity contribution in [3.8, 4) is 0 Å². The fourth-order valence-corrected chi connectivity index (χ4v) is 3.84. The minimum atomic E-state index is 0.0355. The predicted molar refractivity (Wildman–Crippen MR) is 96.4 cm³/mol. The summed E-state index contributed by atoms with van der Waals surface area (Å²) in [6.07, 6.45) is 2.70. The zero-order valence-corrected chi connectivity index (χ0v) is 13.6. The molecule has 0 spiro atoms. The van der Waals surface area contributed by atoms with Crippen molar-refractivity contribution in [2.24, 2.45) is 5.73 Å². The highest BCUT2D eigenvalue weighted by atomic mass is 32.2. The highest BCUT2D eigenvalue weighted by molar-refractivity contribution is 7.99. The second-order valence-corrected chi connectivity index (χ2v) is 6.75. The van der Waals surface area contributed by atoms with E-state index in [0.29, 0.717) is 0 Å². The first-order valence-corrected chi connectivity index (χ1v) is 8.68. The Morgan fingerprint density at radius 1 is 1.23 bits per heavy atom. The minimum Gasteiger partial charge on any atom is -0.365 e. The lowest BCUT2D eigenvalue weighted by Crippen LogP contribution is -2.29. The normalized spacial score (nSPS) is 15.2. The minimum absolute atomic E-state index is 0.0355. The summed E-state index contributed by atoms with van der Waals surface area (Å²) in [5, 5.41) is 0. The molecule has 0 radical (unpaired) electrons. The van der Waals surface area contributed by atoms with E-state index < -0.39 is 0 Å². The first kappa shape index (κ1) is 15.2. The molecule has 2 N–H and O–H groups in total. The highest BCUT2D eigenvalue weighted by Crippen LogP contribution is 2.37. The zero-order valence-electron chi connectivity index (χ0n) is 12.7. The lowest BCUT2D eigenvalue weighted by atomic mass is 10.0. The number of rotatable bonds is 5. The molecule has 0 aromatic heterocycles. The average Bonchev–Trinajstić information content (AvgIpc) is 2.56. The van der Waals surface area contributed by atoms with E-state index in [2.05, 4.69) is 60.0 Å². The first-order chi connectivity index (χ1) is 10.8. The van der Waals surface area contributed by atoms with Gasteiger partial charge in [-0.05, 0) is 29.7 Å². The summed E-state index contributed by atoms with van der Waals surface area (Å²) in [7, 11) is 0. The molecule has 1 aliphatic rings. The number of hydrogen-bond donors (Lipinski definition) is 1. The van der Waals surface area contributed by atoms with Crippen molar-refractivity contribution in [2.45, 2.75) is 23.9 Å². The first-order valence-electron chi connectivity index (χ1n) is 7.70. The molecule has 114 valence electrons. The number of fused-ring (bicyclic) bond motifs is 1. The van der Waals surface area contributed by atoms with Gasteiger partial charge >= 0.3 is 0 Å². The van der Waals surface area contributed by atoms with Crippen LogP contribution in [0.1, 0.15) is 23.6 Å².